The normalized spacial score (nSPS) is 10.4. The molecule has 5 heteroatoms. The maximum absolute atomic E-state index is 13.4. The molecule has 0 spiro atoms. The quantitative estimate of drug-likeness (QED) is 0.644. The zero-order valence-electron chi connectivity index (χ0n) is 11.1. The van der Waals surface area contributed by atoms with Crippen molar-refractivity contribution >= 4 is 38.8 Å². The molecule has 0 aromatic heterocycles. The lowest BCUT2D eigenvalue weighted by Gasteiger charge is -2.12. The van der Waals surface area contributed by atoms with Crippen LogP contribution in [0, 0.1) is 12.7 Å². The summed E-state index contributed by atoms with van der Waals surface area (Å²) in [5, 5.41) is 3.16. The highest BCUT2D eigenvalue weighted by molar-refractivity contribution is 9.10. The van der Waals surface area contributed by atoms with Gasteiger partial charge in [0.1, 0.15) is 5.82 Å². The molecule has 104 valence electrons. The van der Waals surface area contributed by atoms with Crippen molar-refractivity contribution in [1.29, 1.82) is 0 Å². The molecule has 2 aromatic rings. The Morgan fingerprint density at radius 3 is 2.65 bits per heavy atom. The first kappa shape index (κ1) is 14.5. The van der Waals surface area contributed by atoms with Crippen molar-refractivity contribution in [2.45, 2.75) is 13.8 Å². The molecule has 0 heterocycles. The first-order valence-corrected chi connectivity index (χ1v) is 6.81. The molecule has 0 saturated heterocycles. The molecule has 0 aliphatic heterocycles. The van der Waals surface area contributed by atoms with E-state index in [0.717, 1.165) is 16.9 Å². The van der Waals surface area contributed by atoms with E-state index >= 15 is 0 Å². The van der Waals surface area contributed by atoms with Crippen LogP contribution in [0.3, 0.4) is 0 Å². The van der Waals surface area contributed by atoms with E-state index in [4.69, 9.17) is 5.73 Å². The minimum absolute atomic E-state index is 0.0943. The minimum atomic E-state index is -0.310. The number of carbonyl (C=O) groups is 1. The van der Waals surface area contributed by atoms with Gasteiger partial charge in [0.15, 0.2) is 5.78 Å². The van der Waals surface area contributed by atoms with Gasteiger partial charge in [-0.3, -0.25) is 4.79 Å². The molecular weight excluding hydrogens is 323 g/mol. The number of ketones is 1. The van der Waals surface area contributed by atoms with E-state index in [-0.39, 0.29) is 11.6 Å². The number of carbonyl (C=O) groups excluding carboxylic acids is 1. The van der Waals surface area contributed by atoms with Gasteiger partial charge in [0.2, 0.25) is 0 Å². The van der Waals surface area contributed by atoms with Crippen LogP contribution >= 0.6 is 15.9 Å². The molecule has 0 bridgehead atoms. The summed E-state index contributed by atoms with van der Waals surface area (Å²) < 4.78 is 13.8. The van der Waals surface area contributed by atoms with E-state index in [0.29, 0.717) is 15.7 Å². The van der Waals surface area contributed by atoms with Crippen LogP contribution in [0.4, 0.5) is 21.5 Å². The zero-order chi connectivity index (χ0) is 14.9. The molecule has 0 atom stereocenters. The third-order valence-electron chi connectivity index (χ3n) is 2.98. The van der Waals surface area contributed by atoms with Gasteiger partial charge in [-0.05, 0) is 65.7 Å². The van der Waals surface area contributed by atoms with Gasteiger partial charge in [-0.15, -0.1) is 0 Å². The van der Waals surface area contributed by atoms with Gasteiger partial charge in [-0.2, -0.15) is 0 Å². The lowest BCUT2D eigenvalue weighted by molar-refractivity contribution is 0.101. The fourth-order valence-electron chi connectivity index (χ4n) is 1.88. The van der Waals surface area contributed by atoms with Gasteiger partial charge < -0.3 is 11.1 Å². The van der Waals surface area contributed by atoms with Gasteiger partial charge in [0.25, 0.3) is 0 Å². The Balaban J connectivity index is 2.38. The number of nitrogen functional groups attached to an aromatic ring is 1. The van der Waals surface area contributed by atoms with E-state index in [2.05, 4.69) is 21.2 Å². The Morgan fingerprint density at radius 1 is 1.30 bits per heavy atom. The second-order valence-electron chi connectivity index (χ2n) is 4.56. The van der Waals surface area contributed by atoms with Crippen molar-refractivity contribution < 1.29 is 9.18 Å². The maximum Gasteiger partial charge on any atom is 0.161 e. The molecule has 0 unspecified atom stereocenters. The molecule has 0 amide bonds. The molecule has 3 nitrogen and oxygen atoms in total. The summed E-state index contributed by atoms with van der Waals surface area (Å²) in [5.74, 6) is -0.405. The lowest BCUT2D eigenvalue weighted by atomic mass is 10.1. The molecule has 0 saturated carbocycles. The summed E-state index contributed by atoms with van der Waals surface area (Å²) in [4.78, 5) is 11.5. The number of hydrogen-bond acceptors (Lipinski definition) is 3. The molecule has 2 rings (SSSR count). The van der Waals surface area contributed by atoms with E-state index in [1.165, 1.54) is 13.0 Å². The molecule has 2 aromatic carbocycles. The molecule has 0 fully saturated rings. The van der Waals surface area contributed by atoms with Crippen LogP contribution in [0.5, 0.6) is 0 Å². The van der Waals surface area contributed by atoms with Gasteiger partial charge in [-0.25, -0.2) is 4.39 Å². The SMILES string of the molecule is CC(=O)c1cc(Nc2cc(Br)c(F)cc2C)ccc1N. The maximum atomic E-state index is 13.4. The van der Waals surface area contributed by atoms with Crippen LogP contribution in [0.15, 0.2) is 34.8 Å². The Bertz CT molecular complexity index is 686. The third-order valence-corrected chi connectivity index (χ3v) is 3.59. The smallest absolute Gasteiger partial charge is 0.161 e. The summed E-state index contributed by atoms with van der Waals surface area (Å²) in [7, 11) is 0. The van der Waals surface area contributed by atoms with E-state index < -0.39 is 0 Å². The Hall–Kier alpha value is -1.88. The van der Waals surface area contributed by atoms with Crippen molar-refractivity contribution in [1.82, 2.24) is 0 Å². The third kappa shape index (κ3) is 2.99. The second kappa shape index (κ2) is 5.63. The number of anilines is 3. The number of benzene rings is 2. The number of halogens is 2. The molecular formula is C15H14BrFN2O. The van der Waals surface area contributed by atoms with Crippen molar-refractivity contribution in [3.63, 3.8) is 0 Å². The molecule has 20 heavy (non-hydrogen) atoms. The van der Waals surface area contributed by atoms with Crippen molar-refractivity contribution in [2.24, 2.45) is 0 Å². The Labute approximate surface area is 125 Å². The summed E-state index contributed by atoms with van der Waals surface area (Å²) >= 11 is 3.15. The van der Waals surface area contributed by atoms with Crippen molar-refractivity contribution in [2.75, 3.05) is 11.1 Å². The Kier molecular flexibility index (Phi) is 4.09. The fourth-order valence-corrected chi connectivity index (χ4v) is 2.22. The fraction of sp³-hybridized carbons (Fsp3) is 0.133. The number of hydrogen-bond donors (Lipinski definition) is 2. The topological polar surface area (TPSA) is 55.1 Å². The number of nitrogens with one attached hydrogen (secondary N) is 1. The first-order chi connectivity index (χ1) is 9.38. The zero-order valence-corrected chi connectivity index (χ0v) is 12.7. The molecule has 0 radical (unpaired) electrons. The number of nitrogens with two attached hydrogens (primary N) is 1. The predicted molar refractivity (Wildman–Crippen MR) is 83.0 cm³/mol. The minimum Gasteiger partial charge on any atom is -0.398 e. The van der Waals surface area contributed by atoms with Crippen LogP contribution in [0.1, 0.15) is 22.8 Å². The van der Waals surface area contributed by atoms with Crippen LogP contribution < -0.4 is 11.1 Å². The van der Waals surface area contributed by atoms with Gasteiger partial charge >= 0.3 is 0 Å². The predicted octanol–water partition coefficient (Wildman–Crippen LogP) is 4.43. The highest BCUT2D eigenvalue weighted by atomic mass is 79.9. The van der Waals surface area contributed by atoms with Crippen LogP contribution in [-0.4, -0.2) is 5.78 Å². The number of rotatable bonds is 3. The molecule has 0 aliphatic rings. The van der Waals surface area contributed by atoms with Crippen molar-refractivity contribution in [3.05, 3.63) is 51.7 Å². The standard InChI is InChI=1S/C15H14BrFN2O/c1-8-5-13(17)12(16)7-15(8)19-10-3-4-14(18)11(6-10)9(2)20/h3-7,19H,18H2,1-2H3. The number of aryl methyl sites for hydroxylation is 1. The summed E-state index contributed by atoms with van der Waals surface area (Å²) in [5.41, 5.74) is 8.92. The lowest BCUT2D eigenvalue weighted by Crippen LogP contribution is -2.01. The van der Waals surface area contributed by atoms with Crippen LogP contribution in [0.2, 0.25) is 0 Å². The highest BCUT2D eigenvalue weighted by Gasteiger charge is 2.08. The molecule has 0 aliphatic carbocycles. The Morgan fingerprint density at radius 2 is 2.00 bits per heavy atom. The number of Topliss-reactive ketones (excluding diaryl/α,β-unsaturated/α-hetero) is 1. The monoisotopic (exact) mass is 336 g/mol. The van der Waals surface area contributed by atoms with E-state index in [1.54, 1.807) is 31.2 Å². The van der Waals surface area contributed by atoms with Crippen LogP contribution in [-0.2, 0) is 0 Å². The van der Waals surface area contributed by atoms with E-state index in [9.17, 15) is 9.18 Å². The summed E-state index contributed by atoms with van der Waals surface area (Å²) in [6, 6.07) is 8.24. The highest BCUT2D eigenvalue weighted by Crippen LogP contribution is 2.28. The summed E-state index contributed by atoms with van der Waals surface area (Å²) in [6.45, 7) is 3.27. The van der Waals surface area contributed by atoms with Gasteiger partial charge in [0, 0.05) is 22.6 Å². The first-order valence-electron chi connectivity index (χ1n) is 6.01. The van der Waals surface area contributed by atoms with Crippen LogP contribution in [0.25, 0.3) is 0 Å². The summed E-state index contributed by atoms with van der Waals surface area (Å²) in [6.07, 6.45) is 0. The largest absolute Gasteiger partial charge is 0.398 e. The molecule has 3 N–H and O–H groups in total. The van der Waals surface area contributed by atoms with E-state index in [1.807, 2.05) is 0 Å². The van der Waals surface area contributed by atoms with Gasteiger partial charge in [-0.1, -0.05) is 0 Å². The second-order valence-corrected chi connectivity index (χ2v) is 5.42. The van der Waals surface area contributed by atoms with Crippen molar-refractivity contribution in [3.8, 4) is 0 Å². The average molecular weight is 337 g/mol. The van der Waals surface area contributed by atoms with Gasteiger partial charge in [0.05, 0.1) is 4.47 Å². The average Bonchev–Trinajstić information content (AvgIpc) is 2.37.